The van der Waals surface area contributed by atoms with E-state index in [0.717, 1.165) is 17.8 Å². The van der Waals surface area contributed by atoms with Crippen LogP contribution in [0.5, 0.6) is 0 Å². The van der Waals surface area contributed by atoms with Gasteiger partial charge in [0.25, 0.3) is 0 Å². The Morgan fingerprint density at radius 3 is 2.00 bits per heavy atom. The molecule has 0 aliphatic heterocycles. The van der Waals surface area contributed by atoms with Crippen LogP contribution in [0.2, 0.25) is 0 Å². The lowest BCUT2D eigenvalue weighted by molar-refractivity contribution is 0.354. The molecule has 0 nitrogen and oxygen atoms in total. The minimum absolute atomic E-state index is 0.854. The van der Waals surface area contributed by atoms with Crippen molar-refractivity contribution in [2.75, 3.05) is 5.33 Å². The van der Waals surface area contributed by atoms with Crippen LogP contribution in [0.4, 0.5) is 0 Å². The smallest absolute Gasteiger partial charge is 0.00596 e. The average molecular weight is 235 g/mol. The third-order valence-corrected chi connectivity index (χ3v) is 3.32. The van der Waals surface area contributed by atoms with Crippen molar-refractivity contribution in [1.29, 1.82) is 0 Å². The predicted octanol–water partition coefficient (Wildman–Crippen LogP) is 4.48. The highest BCUT2D eigenvalue weighted by atomic mass is 79.9. The molecule has 0 amide bonds. The molecule has 0 heterocycles. The zero-order valence-corrected chi connectivity index (χ0v) is 10.5. The third-order valence-electron chi connectivity index (χ3n) is 2.41. The number of hydrogen-bond donors (Lipinski definition) is 0. The molecule has 0 saturated heterocycles. The summed E-state index contributed by atoms with van der Waals surface area (Å²) in [7, 11) is 0. The van der Waals surface area contributed by atoms with Gasteiger partial charge in [-0.25, -0.2) is 0 Å². The quantitative estimate of drug-likeness (QED) is 0.595. The Morgan fingerprint density at radius 2 is 1.67 bits per heavy atom. The van der Waals surface area contributed by atoms with Gasteiger partial charge in [0.15, 0.2) is 0 Å². The maximum atomic E-state index is 3.57. The molecule has 0 fully saturated rings. The first-order chi connectivity index (χ1) is 5.60. The van der Waals surface area contributed by atoms with Gasteiger partial charge in [-0.2, -0.15) is 0 Å². The molecule has 1 heteroatoms. The van der Waals surface area contributed by atoms with Gasteiger partial charge in [0.2, 0.25) is 0 Å². The van der Waals surface area contributed by atoms with Crippen LogP contribution < -0.4 is 0 Å². The maximum absolute atomic E-state index is 3.57. The molecule has 0 bridgehead atoms. The van der Waals surface area contributed by atoms with Crippen LogP contribution in [-0.4, -0.2) is 5.33 Å². The SMILES string of the molecule is CCC(CBr)CC(C)CC(C)C. The summed E-state index contributed by atoms with van der Waals surface area (Å²) in [4.78, 5) is 0. The standard InChI is InChI=1S/C11H23Br/c1-5-11(8-12)7-10(4)6-9(2)3/h9-11H,5-8H2,1-4H3. The zero-order chi connectivity index (χ0) is 9.56. The van der Waals surface area contributed by atoms with E-state index < -0.39 is 0 Å². The van der Waals surface area contributed by atoms with Gasteiger partial charge in [0.05, 0.1) is 0 Å². The van der Waals surface area contributed by atoms with Crippen LogP contribution in [0.25, 0.3) is 0 Å². The first-order valence-corrected chi connectivity index (χ1v) is 6.28. The van der Waals surface area contributed by atoms with E-state index in [1.165, 1.54) is 24.6 Å². The van der Waals surface area contributed by atoms with E-state index in [1.54, 1.807) is 0 Å². The Kier molecular flexibility index (Phi) is 7.22. The number of alkyl halides is 1. The fourth-order valence-corrected chi connectivity index (χ4v) is 2.53. The fraction of sp³-hybridized carbons (Fsp3) is 1.00. The van der Waals surface area contributed by atoms with Crippen molar-refractivity contribution < 1.29 is 0 Å². The highest BCUT2D eigenvalue weighted by Crippen LogP contribution is 2.22. The van der Waals surface area contributed by atoms with Crippen LogP contribution in [-0.2, 0) is 0 Å². The van der Waals surface area contributed by atoms with E-state index >= 15 is 0 Å². The molecule has 12 heavy (non-hydrogen) atoms. The highest BCUT2D eigenvalue weighted by Gasteiger charge is 2.11. The molecule has 0 aliphatic rings. The van der Waals surface area contributed by atoms with Gasteiger partial charge in [-0.15, -0.1) is 0 Å². The normalized spacial score (nSPS) is 16.5. The molecule has 0 aromatic rings. The molecular weight excluding hydrogens is 212 g/mol. The third kappa shape index (κ3) is 6.05. The predicted molar refractivity (Wildman–Crippen MR) is 60.8 cm³/mol. The minimum Gasteiger partial charge on any atom is -0.0925 e. The van der Waals surface area contributed by atoms with Crippen molar-refractivity contribution >= 4 is 15.9 Å². The van der Waals surface area contributed by atoms with E-state index in [1.807, 2.05) is 0 Å². The number of rotatable bonds is 6. The molecule has 74 valence electrons. The van der Waals surface area contributed by atoms with Gasteiger partial charge in [0, 0.05) is 5.33 Å². The van der Waals surface area contributed by atoms with Crippen molar-refractivity contribution in [2.24, 2.45) is 17.8 Å². The van der Waals surface area contributed by atoms with E-state index in [2.05, 4.69) is 43.6 Å². The summed E-state index contributed by atoms with van der Waals surface area (Å²) in [5.74, 6) is 2.64. The van der Waals surface area contributed by atoms with E-state index in [4.69, 9.17) is 0 Å². The molecule has 0 spiro atoms. The first-order valence-electron chi connectivity index (χ1n) is 5.16. The van der Waals surface area contributed by atoms with E-state index in [9.17, 15) is 0 Å². The molecule has 0 saturated carbocycles. The second kappa shape index (κ2) is 6.94. The molecule has 2 atom stereocenters. The van der Waals surface area contributed by atoms with Crippen molar-refractivity contribution in [3.63, 3.8) is 0 Å². The van der Waals surface area contributed by atoms with Gasteiger partial charge in [-0.05, 0) is 30.6 Å². The van der Waals surface area contributed by atoms with Crippen LogP contribution in [0.15, 0.2) is 0 Å². The van der Waals surface area contributed by atoms with E-state index in [-0.39, 0.29) is 0 Å². The average Bonchev–Trinajstić information content (AvgIpc) is 1.98. The fourth-order valence-electron chi connectivity index (χ4n) is 1.81. The lowest BCUT2D eigenvalue weighted by Crippen LogP contribution is -2.08. The second-order valence-electron chi connectivity index (χ2n) is 4.40. The molecule has 0 N–H and O–H groups in total. The molecular formula is C11H23Br. The van der Waals surface area contributed by atoms with Gasteiger partial charge >= 0.3 is 0 Å². The topological polar surface area (TPSA) is 0 Å². The first kappa shape index (κ1) is 12.5. The van der Waals surface area contributed by atoms with E-state index in [0.29, 0.717) is 0 Å². The summed E-state index contributed by atoms with van der Waals surface area (Å²) in [5, 5.41) is 1.17. The Balaban J connectivity index is 3.58. The zero-order valence-electron chi connectivity index (χ0n) is 8.94. The van der Waals surface area contributed by atoms with Crippen molar-refractivity contribution in [3.8, 4) is 0 Å². The van der Waals surface area contributed by atoms with Crippen molar-refractivity contribution in [3.05, 3.63) is 0 Å². The lowest BCUT2D eigenvalue weighted by Gasteiger charge is -2.18. The minimum atomic E-state index is 0.854. The monoisotopic (exact) mass is 234 g/mol. The molecule has 0 aliphatic carbocycles. The summed E-state index contributed by atoms with van der Waals surface area (Å²) in [6.45, 7) is 9.29. The Bertz CT molecular complexity index is 95.2. The van der Waals surface area contributed by atoms with Gasteiger partial charge in [-0.1, -0.05) is 50.0 Å². The Hall–Kier alpha value is 0.480. The van der Waals surface area contributed by atoms with Crippen molar-refractivity contribution in [1.82, 2.24) is 0 Å². The maximum Gasteiger partial charge on any atom is 0.00596 e. The van der Waals surface area contributed by atoms with Gasteiger partial charge < -0.3 is 0 Å². The van der Waals surface area contributed by atoms with Gasteiger partial charge in [-0.3, -0.25) is 0 Å². The van der Waals surface area contributed by atoms with Gasteiger partial charge in [0.1, 0.15) is 0 Å². The molecule has 0 aromatic carbocycles. The largest absolute Gasteiger partial charge is 0.0925 e. The lowest BCUT2D eigenvalue weighted by atomic mass is 9.89. The number of hydrogen-bond acceptors (Lipinski definition) is 0. The summed E-state index contributed by atoms with van der Waals surface area (Å²) in [5.41, 5.74) is 0. The van der Waals surface area contributed by atoms with Crippen LogP contribution in [0, 0.1) is 17.8 Å². The Morgan fingerprint density at radius 1 is 1.08 bits per heavy atom. The summed E-state index contributed by atoms with van der Waals surface area (Å²) in [6, 6.07) is 0. The van der Waals surface area contributed by atoms with Crippen LogP contribution >= 0.6 is 15.9 Å². The van der Waals surface area contributed by atoms with Crippen LogP contribution in [0.3, 0.4) is 0 Å². The summed E-state index contributed by atoms with van der Waals surface area (Å²) >= 11 is 3.57. The van der Waals surface area contributed by atoms with Crippen LogP contribution in [0.1, 0.15) is 47.0 Å². The molecule has 2 unspecified atom stereocenters. The molecule has 0 rings (SSSR count). The summed E-state index contributed by atoms with van der Waals surface area (Å²) < 4.78 is 0. The molecule has 0 aromatic heterocycles. The Labute approximate surface area is 86.3 Å². The second-order valence-corrected chi connectivity index (χ2v) is 5.05. The molecule has 0 radical (unpaired) electrons. The highest BCUT2D eigenvalue weighted by molar-refractivity contribution is 9.09. The number of halogens is 1. The van der Waals surface area contributed by atoms with Crippen molar-refractivity contribution in [2.45, 2.75) is 47.0 Å². The summed E-state index contributed by atoms with van der Waals surface area (Å²) in [6.07, 6.45) is 4.08.